The summed E-state index contributed by atoms with van der Waals surface area (Å²) in [7, 11) is -3.83. The Balaban J connectivity index is 2.57. The molecule has 0 aromatic heterocycles. The molecule has 2 rings (SSSR count). The summed E-state index contributed by atoms with van der Waals surface area (Å²) in [5.41, 5.74) is 2.18. The molecule has 1 saturated carbocycles. The van der Waals surface area contributed by atoms with Gasteiger partial charge >= 0.3 is 0 Å². The molecule has 6 heteroatoms. The highest BCUT2D eigenvalue weighted by atomic mass is 32.2. The number of primary sulfonamides is 1. The van der Waals surface area contributed by atoms with Crippen molar-refractivity contribution in [3.8, 4) is 0 Å². The summed E-state index contributed by atoms with van der Waals surface area (Å²) in [5, 5.41) is 8.11. The van der Waals surface area contributed by atoms with Gasteiger partial charge in [0.15, 0.2) is 0 Å². The molecule has 3 N–H and O–H groups in total. The van der Waals surface area contributed by atoms with E-state index in [1.54, 1.807) is 26.8 Å². The predicted octanol–water partition coefficient (Wildman–Crippen LogP) is 1.15. The van der Waals surface area contributed by atoms with Gasteiger partial charge in [-0.25, -0.2) is 13.6 Å². The molecular formula is C13H18N2O3S. The van der Waals surface area contributed by atoms with Crippen molar-refractivity contribution in [3.63, 3.8) is 0 Å². The van der Waals surface area contributed by atoms with Crippen LogP contribution in [0.4, 0.5) is 0 Å². The number of benzene rings is 1. The highest BCUT2D eigenvalue weighted by molar-refractivity contribution is 7.89. The Morgan fingerprint density at radius 3 is 2.32 bits per heavy atom. The number of rotatable bonds is 3. The van der Waals surface area contributed by atoms with Crippen LogP contribution in [0.3, 0.4) is 0 Å². The molecule has 1 aliphatic carbocycles. The molecule has 0 atom stereocenters. The number of amides is 1. The summed E-state index contributed by atoms with van der Waals surface area (Å²) in [4.78, 5) is 12.2. The van der Waals surface area contributed by atoms with Crippen molar-refractivity contribution in [3.05, 3.63) is 28.3 Å². The molecule has 1 aliphatic rings. The van der Waals surface area contributed by atoms with Crippen molar-refractivity contribution in [2.75, 3.05) is 0 Å². The maximum absolute atomic E-state index is 12.2. The minimum absolute atomic E-state index is 0.0547. The quantitative estimate of drug-likeness (QED) is 0.871. The molecule has 104 valence electrons. The molecule has 0 saturated heterocycles. The summed E-state index contributed by atoms with van der Waals surface area (Å²) in [6.07, 6.45) is 1.97. The number of aryl methyl sites for hydroxylation is 2. The lowest BCUT2D eigenvalue weighted by Crippen LogP contribution is -2.28. The van der Waals surface area contributed by atoms with Crippen LogP contribution in [0.5, 0.6) is 0 Å². The lowest BCUT2D eigenvalue weighted by atomic mass is 9.99. The first-order chi connectivity index (χ1) is 8.71. The Hall–Kier alpha value is -1.40. The van der Waals surface area contributed by atoms with Gasteiger partial charge in [-0.15, -0.1) is 0 Å². The molecule has 5 nitrogen and oxygen atoms in total. The molecule has 1 fully saturated rings. The van der Waals surface area contributed by atoms with Gasteiger partial charge in [0.1, 0.15) is 0 Å². The van der Waals surface area contributed by atoms with Gasteiger partial charge in [-0.3, -0.25) is 4.79 Å². The summed E-state index contributed by atoms with van der Waals surface area (Å²) in [5.74, 6) is -0.220. The van der Waals surface area contributed by atoms with Crippen LogP contribution in [0, 0.1) is 20.8 Å². The Labute approximate surface area is 113 Å². The van der Waals surface area contributed by atoms with Gasteiger partial charge in [0.25, 0.3) is 5.91 Å². The van der Waals surface area contributed by atoms with Crippen LogP contribution in [0.1, 0.15) is 39.9 Å². The first-order valence-corrected chi connectivity index (χ1v) is 7.71. The van der Waals surface area contributed by atoms with E-state index >= 15 is 0 Å². The number of carbonyl (C=O) groups excluding carboxylic acids is 1. The first kappa shape index (κ1) is 14.0. The van der Waals surface area contributed by atoms with E-state index in [4.69, 9.17) is 5.14 Å². The van der Waals surface area contributed by atoms with Gasteiger partial charge in [0.05, 0.1) is 4.90 Å². The summed E-state index contributed by atoms with van der Waals surface area (Å²) < 4.78 is 23.3. The van der Waals surface area contributed by atoms with E-state index in [-0.39, 0.29) is 16.8 Å². The second-order valence-corrected chi connectivity index (χ2v) is 6.63. The molecular weight excluding hydrogens is 264 g/mol. The Morgan fingerprint density at radius 1 is 1.26 bits per heavy atom. The number of nitrogens with one attached hydrogen (secondary N) is 1. The van der Waals surface area contributed by atoms with Gasteiger partial charge in [0, 0.05) is 11.6 Å². The highest BCUT2D eigenvalue weighted by Gasteiger charge is 2.27. The van der Waals surface area contributed by atoms with E-state index in [1.807, 2.05) is 0 Å². The van der Waals surface area contributed by atoms with Crippen LogP contribution >= 0.6 is 0 Å². The van der Waals surface area contributed by atoms with E-state index in [1.165, 1.54) is 0 Å². The van der Waals surface area contributed by atoms with E-state index < -0.39 is 10.0 Å². The zero-order valence-electron chi connectivity index (χ0n) is 11.3. The molecule has 1 aromatic carbocycles. The Morgan fingerprint density at radius 2 is 1.84 bits per heavy atom. The minimum atomic E-state index is -3.83. The molecule has 0 spiro atoms. The number of nitrogens with two attached hydrogens (primary N) is 1. The van der Waals surface area contributed by atoms with Gasteiger partial charge in [-0.2, -0.15) is 0 Å². The Bertz CT molecular complexity index is 646. The SMILES string of the molecule is Cc1cc(C)c(S(N)(=O)=O)c(C)c1C(=O)NC1CC1. The maximum atomic E-state index is 12.2. The molecule has 1 amide bonds. The van der Waals surface area contributed by atoms with Crippen LogP contribution in [0.2, 0.25) is 0 Å². The topological polar surface area (TPSA) is 89.3 Å². The lowest BCUT2D eigenvalue weighted by molar-refractivity contribution is 0.0949. The third-order valence-electron chi connectivity index (χ3n) is 3.33. The smallest absolute Gasteiger partial charge is 0.252 e. The van der Waals surface area contributed by atoms with E-state index in [2.05, 4.69) is 5.32 Å². The van der Waals surface area contributed by atoms with Crippen LogP contribution in [0.15, 0.2) is 11.0 Å². The average Bonchev–Trinajstić information content (AvgIpc) is 2.97. The van der Waals surface area contributed by atoms with Crippen LogP contribution in [-0.2, 0) is 10.0 Å². The van der Waals surface area contributed by atoms with E-state index in [0.29, 0.717) is 16.7 Å². The third-order valence-corrected chi connectivity index (χ3v) is 4.52. The number of hydrogen-bond donors (Lipinski definition) is 2. The molecule has 0 aliphatic heterocycles. The second kappa shape index (κ2) is 4.61. The monoisotopic (exact) mass is 282 g/mol. The Kier molecular flexibility index (Phi) is 3.40. The normalized spacial score (nSPS) is 15.4. The number of carbonyl (C=O) groups is 1. The van der Waals surface area contributed by atoms with Gasteiger partial charge in [-0.05, 0) is 50.3 Å². The molecule has 19 heavy (non-hydrogen) atoms. The van der Waals surface area contributed by atoms with Crippen LogP contribution < -0.4 is 10.5 Å². The van der Waals surface area contributed by atoms with Gasteiger partial charge in [-0.1, -0.05) is 6.07 Å². The fourth-order valence-electron chi connectivity index (χ4n) is 2.44. The van der Waals surface area contributed by atoms with Crippen molar-refractivity contribution >= 4 is 15.9 Å². The van der Waals surface area contributed by atoms with Crippen molar-refractivity contribution < 1.29 is 13.2 Å². The maximum Gasteiger partial charge on any atom is 0.252 e. The number of sulfonamides is 1. The molecule has 0 unspecified atom stereocenters. The summed E-state index contributed by atoms with van der Waals surface area (Å²) in [6, 6.07) is 1.92. The third kappa shape index (κ3) is 2.79. The standard InChI is InChI=1S/C13H18N2O3S/c1-7-6-8(2)12(19(14,17)18)9(3)11(7)13(16)15-10-4-5-10/h6,10H,4-5H2,1-3H3,(H,15,16)(H2,14,17,18). The van der Waals surface area contributed by atoms with Gasteiger partial charge < -0.3 is 5.32 Å². The molecule has 0 bridgehead atoms. The van der Waals surface area contributed by atoms with Crippen molar-refractivity contribution in [1.82, 2.24) is 5.32 Å². The fourth-order valence-corrected chi connectivity index (χ4v) is 3.48. The average molecular weight is 282 g/mol. The van der Waals surface area contributed by atoms with Crippen molar-refractivity contribution in [1.29, 1.82) is 0 Å². The minimum Gasteiger partial charge on any atom is -0.349 e. The molecule has 0 radical (unpaired) electrons. The largest absolute Gasteiger partial charge is 0.349 e. The second-order valence-electron chi connectivity index (χ2n) is 5.13. The van der Waals surface area contributed by atoms with E-state index in [0.717, 1.165) is 18.4 Å². The zero-order chi connectivity index (χ0) is 14.4. The van der Waals surface area contributed by atoms with Crippen molar-refractivity contribution in [2.24, 2.45) is 5.14 Å². The van der Waals surface area contributed by atoms with Gasteiger partial charge in [0.2, 0.25) is 10.0 Å². The summed E-state index contributed by atoms with van der Waals surface area (Å²) >= 11 is 0. The summed E-state index contributed by atoms with van der Waals surface area (Å²) in [6.45, 7) is 5.11. The number of hydrogen-bond acceptors (Lipinski definition) is 3. The molecule has 0 heterocycles. The highest BCUT2D eigenvalue weighted by Crippen LogP contribution is 2.27. The fraction of sp³-hybridized carbons (Fsp3) is 0.462. The lowest BCUT2D eigenvalue weighted by Gasteiger charge is -2.15. The van der Waals surface area contributed by atoms with Crippen molar-refractivity contribution in [2.45, 2.75) is 44.6 Å². The van der Waals surface area contributed by atoms with Crippen LogP contribution in [-0.4, -0.2) is 20.4 Å². The van der Waals surface area contributed by atoms with E-state index in [9.17, 15) is 13.2 Å². The first-order valence-electron chi connectivity index (χ1n) is 6.16. The predicted molar refractivity (Wildman–Crippen MR) is 72.5 cm³/mol. The van der Waals surface area contributed by atoms with Crippen LogP contribution in [0.25, 0.3) is 0 Å². The zero-order valence-corrected chi connectivity index (χ0v) is 12.1. The molecule has 1 aromatic rings.